The summed E-state index contributed by atoms with van der Waals surface area (Å²) in [7, 11) is 4.61. The van der Waals surface area contributed by atoms with E-state index in [0.717, 1.165) is 0 Å². The van der Waals surface area contributed by atoms with Crippen LogP contribution in [-0.2, 0) is 0 Å². The number of phenolic OH excluding ortho intramolecular Hbond substituents is 2. The third-order valence-corrected chi connectivity index (χ3v) is 5.32. The number of para-hydroxylation sites is 2. The Kier molecular flexibility index (Phi) is 8.60. The minimum atomic E-state index is 0.00545. The molecule has 0 spiro atoms. The zero-order chi connectivity index (χ0) is 27.6. The maximum Gasteiger partial charge on any atom is 0.247 e. The quantitative estimate of drug-likeness (QED) is 0.138. The molecule has 0 atom stereocenters. The fourth-order valence-corrected chi connectivity index (χ4v) is 3.35. The van der Waals surface area contributed by atoms with Crippen molar-refractivity contribution >= 4 is 35.7 Å². The number of nitrogens with zero attached hydrogens (tertiary/aromatic N) is 4. The Balaban J connectivity index is 1.57. The van der Waals surface area contributed by atoms with Crippen molar-refractivity contribution in [3.05, 3.63) is 77.9 Å². The van der Waals surface area contributed by atoms with Gasteiger partial charge >= 0.3 is 0 Å². The van der Waals surface area contributed by atoms with Crippen LogP contribution in [0, 0.1) is 0 Å². The van der Waals surface area contributed by atoms with Crippen LogP contribution in [0.2, 0.25) is 0 Å². The fraction of sp³-hybridized carbons (Fsp3) is 0.111. The molecule has 39 heavy (non-hydrogen) atoms. The Hall–Kier alpha value is -5.52. The lowest BCUT2D eigenvalue weighted by Crippen LogP contribution is -2.04. The van der Waals surface area contributed by atoms with E-state index in [2.05, 4.69) is 36.3 Å². The smallest absolute Gasteiger partial charge is 0.247 e. The highest BCUT2D eigenvalue weighted by Gasteiger charge is 2.08. The molecule has 0 aliphatic rings. The van der Waals surface area contributed by atoms with Crippen molar-refractivity contribution in [2.75, 3.05) is 37.5 Å². The molecule has 0 radical (unpaired) electrons. The number of benzene rings is 3. The lowest BCUT2D eigenvalue weighted by Gasteiger charge is -2.12. The van der Waals surface area contributed by atoms with Crippen LogP contribution in [0.25, 0.3) is 0 Å². The number of aromatic hydroxyl groups is 2. The Morgan fingerprint density at radius 3 is 1.87 bits per heavy atom. The highest BCUT2D eigenvalue weighted by atomic mass is 16.5. The Morgan fingerprint density at radius 1 is 0.692 bits per heavy atom. The van der Waals surface area contributed by atoms with Crippen molar-refractivity contribution in [3.63, 3.8) is 0 Å². The SMILES string of the molecule is COc1ccc(C=NNc2cc(Nc3ccccc3OC)nc(NN=Cc3ccc(OC)cc3O)n2)c(O)c1. The monoisotopic (exact) mass is 529 g/mol. The van der Waals surface area contributed by atoms with Gasteiger partial charge in [-0.25, -0.2) is 5.43 Å². The standard InChI is InChI=1S/C27H27N7O5/c1-37-19-10-8-17(22(35)12-19)15-28-33-26-14-25(30-21-6-4-5-7-24(21)39-3)31-27(32-26)34-29-16-18-9-11-20(38-2)13-23(18)36/h4-16,35-36H,1-3H3,(H3,30,31,32,33,34). The molecule has 0 bridgehead atoms. The van der Waals surface area contributed by atoms with Crippen molar-refractivity contribution in [2.24, 2.45) is 10.2 Å². The maximum absolute atomic E-state index is 10.2. The first-order valence-corrected chi connectivity index (χ1v) is 11.6. The molecular weight excluding hydrogens is 502 g/mol. The molecule has 1 heterocycles. The van der Waals surface area contributed by atoms with E-state index >= 15 is 0 Å². The van der Waals surface area contributed by atoms with Crippen LogP contribution in [0.5, 0.6) is 28.7 Å². The molecule has 4 aromatic rings. The van der Waals surface area contributed by atoms with Gasteiger partial charge in [-0.05, 0) is 36.4 Å². The van der Waals surface area contributed by atoms with Gasteiger partial charge in [-0.3, -0.25) is 5.43 Å². The third kappa shape index (κ3) is 7.04. The van der Waals surface area contributed by atoms with Gasteiger partial charge in [-0.15, -0.1) is 0 Å². The summed E-state index contributed by atoms with van der Waals surface area (Å²) in [6.07, 6.45) is 2.87. The largest absolute Gasteiger partial charge is 0.507 e. The number of methoxy groups -OCH3 is 3. The van der Waals surface area contributed by atoms with Gasteiger partial charge in [0.15, 0.2) is 5.82 Å². The normalized spacial score (nSPS) is 10.9. The van der Waals surface area contributed by atoms with E-state index in [0.29, 0.717) is 45.7 Å². The van der Waals surface area contributed by atoms with E-state index in [9.17, 15) is 10.2 Å². The van der Waals surface area contributed by atoms with Crippen molar-refractivity contribution < 1.29 is 24.4 Å². The number of phenols is 2. The maximum atomic E-state index is 10.2. The highest BCUT2D eigenvalue weighted by Crippen LogP contribution is 2.28. The van der Waals surface area contributed by atoms with Crippen LogP contribution in [0.3, 0.4) is 0 Å². The first-order chi connectivity index (χ1) is 19.0. The second-order valence-electron chi connectivity index (χ2n) is 7.88. The van der Waals surface area contributed by atoms with E-state index in [4.69, 9.17) is 14.2 Å². The molecule has 5 N–H and O–H groups in total. The average molecular weight is 530 g/mol. The number of rotatable bonds is 11. The van der Waals surface area contributed by atoms with Crippen molar-refractivity contribution in [1.29, 1.82) is 0 Å². The van der Waals surface area contributed by atoms with Gasteiger partial charge in [-0.1, -0.05) is 12.1 Å². The molecule has 0 amide bonds. The molecule has 4 rings (SSSR count). The Bertz CT molecular complexity index is 1410. The van der Waals surface area contributed by atoms with Crippen molar-refractivity contribution in [1.82, 2.24) is 9.97 Å². The molecule has 12 heteroatoms. The molecule has 1 aromatic heterocycles. The first-order valence-electron chi connectivity index (χ1n) is 11.6. The summed E-state index contributed by atoms with van der Waals surface area (Å²) in [5.41, 5.74) is 7.23. The molecule has 200 valence electrons. The molecule has 0 aliphatic heterocycles. The summed E-state index contributed by atoms with van der Waals surface area (Å²) in [5, 5.41) is 31.8. The van der Waals surface area contributed by atoms with Gasteiger partial charge in [0, 0.05) is 29.3 Å². The summed E-state index contributed by atoms with van der Waals surface area (Å²) in [6, 6.07) is 18.7. The van der Waals surface area contributed by atoms with Crippen LogP contribution in [0.15, 0.2) is 76.9 Å². The lowest BCUT2D eigenvalue weighted by atomic mass is 10.2. The zero-order valence-electron chi connectivity index (χ0n) is 21.4. The van der Waals surface area contributed by atoms with Gasteiger partial charge < -0.3 is 29.7 Å². The number of hydrogen-bond donors (Lipinski definition) is 5. The third-order valence-electron chi connectivity index (χ3n) is 5.32. The minimum Gasteiger partial charge on any atom is -0.507 e. The minimum absolute atomic E-state index is 0.00545. The van der Waals surface area contributed by atoms with E-state index in [1.54, 1.807) is 37.4 Å². The van der Waals surface area contributed by atoms with Crippen LogP contribution >= 0.6 is 0 Å². The van der Waals surface area contributed by atoms with Gasteiger partial charge in [0.2, 0.25) is 5.95 Å². The molecule has 12 nitrogen and oxygen atoms in total. The molecule has 3 aromatic carbocycles. The fourth-order valence-electron chi connectivity index (χ4n) is 3.35. The molecule has 0 saturated carbocycles. The van der Waals surface area contributed by atoms with Crippen LogP contribution in [-0.4, -0.2) is 53.9 Å². The predicted molar refractivity (Wildman–Crippen MR) is 150 cm³/mol. The summed E-state index contributed by atoms with van der Waals surface area (Å²) < 4.78 is 15.6. The van der Waals surface area contributed by atoms with Crippen LogP contribution in [0.4, 0.5) is 23.3 Å². The van der Waals surface area contributed by atoms with Gasteiger partial charge in [-0.2, -0.15) is 20.2 Å². The summed E-state index contributed by atoms with van der Waals surface area (Å²) in [4.78, 5) is 8.84. The summed E-state index contributed by atoms with van der Waals surface area (Å²) >= 11 is 0. The van der Waals surface area contributed by atoms with Crippen molar-refractivity contribution in [2.45, 2.75) is 0 Å². The Morgan fingerprint density at radius 2 is 1.28 bits per heavy atom. The molecule has 0 fully saturated rings. The first kappa shape index (κ1) is 26.5. The number of anilines is 4. The average Bonchev–Trinajstić information content (AvgIpc) is 2.95. The molecule has 0 unspecified atom stereocenters. The van der Waals surface area contributed by atoms with E-state index in [1.165, 1.54) is 38.8 Å². The zero-order valence-corrected chi connectivity index (χ0v) is 21.4. The van der Waals surface area contributed by atoms with Gasteiger partial charge in [0.05, 0.1) is 39.4 Å². The number of nitrogens with one attached hydrogen (secondary N) is 3. The Labute approximate surface area is 224 Å². The molecule has 0 saturated heterocycles. The molecule has 0 aliphatic carbocycles. The molecular formula is C27H27N7O5. The number of ether oxygens (including phenoxy) is 3. The number of aromatic nitrogens is 2. The van der Waals surface area contributed by atoms with Crippen LogP contribution in [0.1, 0.15) is 11.1 Å². The predicted octanol–water partition coefficient (Wildman–Crippen LogP) is 4.55. The number of hydrogen-bond acceptors (Lipinski definition) is 12. The second-order valence-corrected chi connectivity index (χ2v) is 7.88. The van der Waals surface area contributed by atoms with E-state index < -0.39 is 0 Å². The van der Waals surface area contributed by atoms with E-state index in [1.807, 2.05) is 24.3 Å². The van der Waals surface area contributed by atoms with Gasteiger partial charge in [0.25, 0.3) is 0 Å². The van der Waals surface area contributed by atoms with Gasteiger partial charge in [0.1, 0.15) is 34.6 Å². The van der Waals surface area contributed by atoms with Crippen molar-refractivity contribution in [3.8, 4) is 28.7 Å². The lowest BCUT2D eigenvalue weighted by molar-refractivity contribution is 0.407. The summed E-state index contributed by atoms with van der Waals surface area (Å²) in [5.74, 6) is 2.59. The number of hydrazone groups is 2. The van der Waals surface area contributed by atoms with Crippen LogP contribution < -0.4 is 30.4 Å². The van der Waals surface area contributed by atoms with E-state index in [-0.39, 0.29) is 17.4 Å². The second kappa shape index (κ2) is 12.6. The summed E-state index contributed by atoms with van der Waals surface area (Å²) in [6.45, 7) is 0. The topological polar surface area (TPSA) is 155 Å². The highest BCUT2D eigenvalue weighted by molar-refractivity contribution is 5.85.